The summed E-state index contributed by atoms with van der Waals surface area (Å²) in [7, 11) is 1.22. The molecule has 0 amide bonds. The summed E-state index contributed by atoms with van der Waals surface area (Å²) in [4.78, 5) is 22.5. The highest BCUT2D eigenvalue weighted by atomic mass is 16.5. The highest BCUT2D eigenvalue weighted by Gasteiger charge is 2.25. The van der Waals surface area contributed by atoms with E-state index >= 15 is 0 Å². The van der Waals surface area contributed by atoms with Gasteiger partial charge in [-0.15, -0.1) is 0 Å². The Hall–Kier alpha value is -2.82. The van der Waals surface area contributed by atoms with Crippen molar-refractivity contribution in [1.82, 2.24) is 0 Å². The minimum Gasteiger partial charge on any atom is -0.468 e. The van der Waals surface area contributed by atoms with E-state index < -0.39 is 11.9 Å². The first-order chi connectivity index (χ1) is 10.2. The van der Waals surface area contributed by atoms with Crippen LogP contribution in [0, 0.1) is 0 Å². The average Bonchev–Trinajstić information content (AvgIpc) is 3.14. The van der Waals surface area contributed by atoms with Gasteiger partial charge in [-0.2, -0.15) is 0 Å². The second kappa shape index (κ2) is 5.28. The predicted octanol–water partition coefficient (Wildman–Crippen LogP) is 3.15. The Bertz CT molecular complexity index is 763. The maximum Gasteiger partial charge on any atom is 0.323 e. The first-order valence-corrected chi connectivity index (χ1v) is 6.33. The lowest BCUT2D eigenvalue weighted by Crippen LogP contribution is -2.14. The van der Waals surface area contributed by atoms with Crippen molar-refractivity contribution in [2.24, 2.45) is 0 Å². The highest BCUT2D eigenvalue weighted by molar-refractivity contribution is 5.93. The van der Waals surface area contributed by atoms with Crippen LogP contribution in [0.3, 0.4) is 0 Å². The molecule has 3 aromatic rings. The number of carbonyl (C=O) groups excluding carboxylic acids is 2. The molecule has 5 heteroatoms. The van der Waals surface area contributed by atoms with Crippen molar-refractivity contribution in [2.75, 3.05) is 7.11 Å². The maximum absolute atomic E-state index is 11.5. The van der Waals surface area contributed by atoms with Crippen LogP contribution < -0.4 is 0 Å². The fourth-order valence-corrected chi connectivity index (χ4v) is 2.13. The monoisotopic (exact) mass is 284 g/mol. The largest absolute Gasteiger partial charge is 0.468 e. The molecule has 0 aliphatic heterocycles. The van der Waals surface area contributed by atoms with Gasteiger partial charge in [0.2, 0.25) is 0 Å². The zero-order valence-corrected chi connectivity index (χ0v) is 11.2. The van der Waals surface area contributed by atoms with E-state index in [9.17, 15) is 9.59 Å². The normalized spacial score (nSPS) is 12.2. The molecule has 0 saturated heterocycles. The van der Waals surface area contributed by atoms with E-state index in [4.69, 9.17) is 8.83 Å². The Kier molecular flexibility index (Phi) is 3.31. The van der Waals surface area contributed by atoms with E-state index in [1.165, 1.54) is 13.4 Å². The number of rotatable bonds is 4. The maximum atomic E-state index is 11.5. The van der Waals surface area contributed by atoms with Gasteiger partial charge in [-0.1, -0.05) is 18.2 Å². The summed E-state index contributed by atoms with van der Waals surface area (Å²) in [5.41, 5.74) is 1.42. The van der Waals surface area contributed by atoms with Gasteiger partial charge in [0, 0.05) is 5.39 Å². The lowest BCUT2D eigenvalue weighted by atomic mass is 10.1. The standard InChI is InChI=1S/C16H12O5/c1-19-16(18)12(8-17)15-7-11(9-20-15)14-6-10-4-2-3-5-13(10)21-14/h2-9,12H,1H3. The number of methoxy groups -OCH3 is 1. The van der Waals surface area contributed by atoms with Crippen LogP contribution in [0.25, 0.3) is 22.3 Å². The number of aldehydes is 1. The highest BCUT2D eigenvalue weighted by Crippen LogP contribution is 2.30. The molecule has 21 heavy (non-hydrogen) atoms. The van der Waals surface area contributed by atoms with Crippen molar-refractivity contribution in [3.05, 3.63) is 48.4 Å². The molecule has 0 aliphatic carbocycles. The molecular formula is C16H12O5. The van der Waals surface area contributed by atoms with Crippen LogP contribution in [-0.2, 0) is 14.3 Å². The second-order valence-corrected chi connectivity index (χ2v) is 4.52. The Morgan fingerprint density at radius 3 is 2.81 bits per heavy atom. The predicted molar refractivity (Wildman–Crippen MR) is 74.7 cm³/mol. The molecule has 0 bridgehead atoms. The van der Waals surface area contributed by atoms with Gasteiger partial charge in [0.15, 0.2) is 5.92 Å². The summed E-state index contributed by atoms with van der Waals surface area (Å²) in [6.45, 7) is 0. The zero-order valence-electron chi connectivity index (χ0n) is 11.2. The zero-order chi connectivity index (χ0) is 14.8. The molecule has 0 N–H and O–H groups in total. The molecule has 2 aromatic heterocycles. The minimum absolute atomic E-state index is 0.229. The summed E-state index contributed by atoms with van der Waals surface area (Å²) in [5, 5.41) is 0.968. The fourth-order valence-electron chi connectivity index (χ4n) is 2.13. The molecule has 3 rings (SSSR count). The van der Waals surface area contributed by atoms with Crippen molar-refractivity contribution in [3.8, 4) is 11.3 Å². The minimum atomic E-state index is -1.06. The lowest BCUT2D eigenvalue weighted by Gasteiger charge is -2.03. The Balaban J connectivity index is 1.97. The Morgan fingerprint density at radius 1 is 1.29 bits per heavy atom. The van der Waals surface area contributed by atoms with Gasteiger partial charge in [0.05, 0.1) is 12.7 Å². The molecule has 0 spiro atoms. The van der Waals surface area contributed by atoms with Gasteiger partial charge in [-0.25, -0.2) is 0 Å². The molecule has 0 radical (unpaired) electrons. The van der Waals surface area contributed by atoms with Gasteiger partial charge in [0.1, 0.15) is 29.7 Å². The van der Waals surface area contributed by atoms with Crippen molar-refractivity contribution < 1.29 is 23.2 Å². The van der Waals surface area contributed by atoms with E-state index in [0.717, 1.165) is 11.0 Å². The van der Waals surface area contributed by atoms with Gasteiger partial charge in [-0.05, 0) is 18.2 Å². The van der Waals surface area contributed by atoms with Gasteiger partial charge in [-0.3, -0.25) is 4.79 Å². The molecule has 5 nitrogen and oxygen atoms in total. The number of carbonyl (C=O) groups is 2. The average molecular weight is 284 g/mol. The van der Waals surface area contributed by atoms with Crippen LogP contribution in [0.1, 0.15) is 11.7 Å². The number of para-hydroxylation sites is 1. The molecule has 106 valence electrons. The Morgan fingerprint density at radius 2 is 2.10 bits per heavy atom. The van der Waals surface area contributed by atoms with Crippen molar-refractivity contribution in [1.29, 1.82) is 0 Å². The first kappa shape index (κ1) is 13.2. The summed E-state index contributed by atoms with van der Waals surface area (Å²) in [5.74, 6) is -0.878. The summed E-state index contributed by atoms with van der Waals surface area (Å²) in [6.07, 6.45) is 1.94. The quantitative estimate of drug-likeness (QED) is 0.418. The van der Waals surface area contributed by atoms with Gasteiger partial charge < -0.3 is 18.4 Å². The number of hydrogen-bond donors (Lipinski definition) is 0. The molecule has 2 heterocycles. The lowest BCUT2D eigenvalue weighted by molar-refractivity contribution is -0.144. The third kappa shape index (κ3) is 2.33. The van der Waals surface area contributed by atoms with E-state index in [0.29, 0.717) is 17.6 Å². The Labute approximate surface area is 120 Å². The van der Waals surface area contributed by atoms with Crippen LogP contribution in [-0.4, -0.2) is 19.4 Å². The molecule has 0 fully saturated rings. The van der Waals surface area contributed by atoms with Crippen molar-refractivity contribution in [2.45, 2.75) is 5.92 Å². The van der Waals surface area contributed by atoms with Crippen LogP contribution in [0.5, 0.6) is 0 Å². The smallest absolute Gasteiger partial charge is 0.323 e. The van der Waals surface area contributed by atoms with E-state index in [1.807, 2.05) is 30.3 Å². The molecule has 1 atom stereocenters. The SMILES string of the molecule is COC(=O)C(C=O)c1cc(-c2cc3ccccc3o2)co1. The number of benzene rings is 1. The van der Waals surface area contributed by atoms with Gasteiger partial charge in [0.25, 0.3) is 0 Å². The van der Waals surface area contributed by atoms with E-state index in [1.54, 1.807) is 6.07 Å². The van der Waals surface area contributed by atoms with Crippen LogP contribution in [0.2, 0.25) is 0 Å². The van der Waals surface area contributed by atoms with E-state index in [-0.39, 0.29) is 5.76 Å². The number of ether oxygens (including phenoxy) is 1. The number of hydrogen-bond acceptors (Lipinski definition) is 5. The molecule has 1 unspecified atom stereocenters. The fraction of sp³-hybridized carbons (Fsp3) is 0.125. The first-order valence-electron chi connectivity index (χ1n) is 6.33. The summed E-state index contributed by atoms with van der Waals surface area (Å²) < 4.78 is 15.6. The molecule has 0 saturated carbocycles. The number of furan rings is 2. The van der Waals surface area contributed by atoms with Crippen LogP contribution in [0.15, 0.2) is 51.5 Å². The van der Waals surface area contributed by atoms with Crippen molar-refractivity contribution >= 4 is 23.2 Å². The molecule has 0 aliphatic rings. The van der Waals surface area contributed by atoms with Crippen LogP contribution in [0.4, 0.5) is 0 Å². The number of esters is 1. The van der Waals surface area contributed by atoms with Gasteiger partial charge >= 0.3 is 5.97 Å². The third-order valence-electron chi connectivity index (χ3n) is 3.23. The number of fused-ring (bicyclic) bond motifs is 1. The summed E-state index contributed by atoms with van der Waals surface area (Å²) >= 11 is 0. The molecule has 1 aromatic carbocycles. The van der Waals surface area contributed by atoms with Crippen molar-refractivity contribution in [3.63, 3.8) is 0 Å². The van der Waals surface area contributed by atoms with E-state index in [2.05, 4.69) is 4.74 Å². The summed E-state index contributed by atoms with van der Waals surface area (Å²) in [6, 6.07) is 11.1. The third-order valence-corrected chi connectivity index (χ3v) is 3.23. The second-order valence-electron chi connectivity index (χ2n) is 4.52. The molecular weight excluding hydrogens is 272 g/mol. The topological polar surface area (TPSA) is 69.7 Å². The van der Waals surface area contributed by atoms with Crippen LogP contribution >= 0.6 is 0 Å².